The van der Waals surface area contributed by atoms with Crippen LogP contribution in [-0.2, 0) is 9.59 Å². The Morgan fingerprint density at radius 2 is 1.86 bits per heavy atom. The fourth-order valence-electron chi connectivity index (χ4n) is 2.91. The van der Waals surface area contributed by atoms with Gasteiger partial charge >= 0.3 is 0 Å². The molecule has 0 unspecified atom stereocenters. The largest absolute Gasteiger partial charge is 0.508 e. The second-order valence-electron chi connectivity index (χ2n) is 7.02. The van der Waals surface area contributed by atoms with Crippen LogP contribution in [-0.4, -0.2) is 30.6 Å². The number of para-hydroxylation sites is 1. The number of rotatable bonds is 8. The molecule has 178 valence electrons. The van der Waals surface area contributed by atoms with E-state index in [4.69, 9.17) is 21.1 Å². The first-order valence-corrected chi connectivity index (χ1v) is 10.5. The molecule has 3 aromatic carbocycles. The summed E-state index contributed by atoms with van der Waals surface area (Å²) in [6.07, 6.45) is 1.30. The first-order chi connectivity index (χ1) is 16.8. The number of carbonyl (C=O) groups is 2. The molecule has 0 aliphatic carbocycles. The number of methoxy groups -OCH3 is 1. The highest BCUT2D eigenvalue weighted by Crippen LogP contribution is 2.37. The van der Waals surface area contributed by atoms with Crippen molar-refractivity contribution in [3.8, 4) is 23.3 Å². The van der Waals surface area contributed by atoms with Gasteiger partial charge in [-0.3, -0.25) is 9.59 Å². The Morgan fingerprint density at radius 1 is 1.14 bits per heavy atom. The lowest BCUT2D eigenvalue weighted by molar-refractivity contribution is -0.118. The van der Waals surface area contributed by atoms with Gasteiger partial charge in [0.15, 0.2) is 18.1 Å². The van der Waals surface area contributed by atoms with Crippen molar-refractivity contribution in [2.75, 3.05) is 24.4 Å². The van der Waals surface area contributed by atoms with Crippen LogP contribution in [0.5, 0.6) is 17.2 Å². The van der Waals surface area contributed by atoms with E-state index >= 15 is 0 Å². The van der Waals surface area contributed by atoms with Gasteiger partial charge in [-0.2, -0.15) is 5.26 Å². The summed E-state index contributed by atoms with van der Waals surface area (Å²) < 4.78 is 24.5. The number of ether oxygens (including phenoxy) is 2. The third-order valence-electron chi connectivity index (χ3n) is 4.55. The Hall–Kier alpha value is -4.55. The van der Waals surface area contributed by atoms with E-state index in [0.29, 0.717) is 11.3 Å². The van der Waals surface area contributed by atoms with Crippen molar-refractivity contribution in [2.24, 2.45) is 0 Å². The summed E-state index contributed by atoms with van der Waals surface area (Å²) in [5.41, 5.74) is 0.553. The molecule has 0 aliphatic rings. The van der Waals surface area contributed by atoms with Crippen molar-refractivity contribution >= 4 is 40.9 Å². The molecular weight excluding hydrogens is 477 g/mol. The summed E-state index contributed by atoms with van der Waals surface area (Å²) in [4.78, 5) is 24.6. The smallest absolute Gasteiger partial charge is 0.266 e. The van der Waals surface area contributed by atoms with Crippen molar-refractivity contribution in [1.29, 1.82) is 5.26 Å². The second kappa shape index (κ2) is 11.5. The summed E-state index contributed by atoms with van der Waals surface area (Å²) in [7, 11) is 1.36. The molecular formula is C25H19ClFN3O5. The average molecular weight is 496 g/mol. The molecule has 0 aromatic heterocycles. The van der Waals surface area contributed by atoms with Gasteiger partial charge in [0.2, 0.25) is 0 Å². The van der Waals surface area contributed by atoms with Gasteiger partial charge in [-0.15, -0.1) is 0 Å². The van der Waals surface area contributed by atoms with Gasteiger partial charge in [0.05, 0.1) is 17.8 Å². The number of amides is 2. The molecule has 0 bridgehead atoms. The summed E-state index contributed by atoms with van der Waals surface area (Å²) in [5, 5.41) is 23.8. The number of hydrogen-bond donors (Lipinski definition) is 3. The number of halogens is 2. The third kappa shape index (κ3) is 6.72. The lowest BCUT2D eigenvalue weighted by Gasteiger charge is -2.14. The highest BCUT2D eigenvalue weighted by molar-refractivity contribution is 6.32. The number of anilines is 2. The van der Waals surface area contributed by atoms with Crippen LogP contribution < -0.4 is 20.1 Å². The van der Waals surface area contributed by atoms with Crippen molar-refractivity contribution in [1.82, 2.24) is 0 Å². The monoisotopic (exact) mass is 495 g/mol. The van der Waals surface area contributed by atoms with Crippen molar-refractivity contribution in [2.45, 2.75) is 0 Å². The molecule has 35 heavy (non-hydrogen) atoms. The lowest BCUT2D eigenvalue weighted by Crippen LogP contribution is -2.21. The molecule has 8 nitrogen and oxygen atoms in total. The number of nitriles is 1. The van der Waals surface area contributed by atoms with E-state index in [1.165, 1.54) is 67.8 Å². The molecule has 3 N–H and O–H groups in total. The van der Waals surface area contributed by atoms with E-state index in [1.807, 2.05) is 6.07 Å². The second-order valence-corrected chi connectivity index (χ2v) is 7.43. The van der Waals surface area contributed by atoms with Gasteiger partial charge in [0, 0.05) is 5.69 Å². The number of phenols is 1. The molecule has 0 spiro atoms. The van der Waals surface area contributed by atoms with Crippen molar-refractivity contribution < 1.29 is 28.6 Å². The Morgan fingerprint density at radius 3 is 2.51 bits per heavy atom. The molecule has 0 heterocycles. The zero-order chi connectivity index (χ0) is 25.4. The standard InChI is InChI=1S/C25H19ClFN3O5/c1-34-22-12-15(10-16(13-28)25(33)29-17-6-8-18(31)9-7-17)11-19(26)24(22)35-14-23(32)30-21-5-3-2-4-20(21)27/h2-12,31H,14H2,1H3,(H,29,33)(H,30,32). The lowest BCUT2D eigenvalue weighted by atomic mass is 10.1. The number of phenolic OH excluding ortho intramolecular Hbond substituents is 1. The summed E-state index contributed by atoms with van der Waals surface area (Å²) in [5.74, 6) is -1.63. The van der Waals surface area contributed by atoms with E-state index in [2.05, 4.69) is 10.6 Å². The molecule has 0 atom stereocenters. The fourth-order valence-corrected chi connectivity index (χ4v) is 3.18. The maximum atomic E-state index is 13.7. The topological polar surface area (TPSA) is 121 Å². The molecule has 0 saturated heterocycles. The molecule has 3 aromatic rings. The van der Waals surface area contributed by atoms with Crippen LogP contribution in [0, 0.1) is 17.1 Å². The van der Waals surface area contributed by atoms with E-state index in [-0.39, 0.29) is 33.5 Å². The first-order valence-electron chi connectivity index (χ1n) is 10.1. The number of aromatic hydroxyl groups is 1. The molecule has 3 rings (SSSR count). The summed E-state index contributed by atoms with van der Waals surface area (Å²) in [6.45, 7) is -0.474. The molecule has 0 radical (unpaired) electrons. The minimum absolute atomic E-state index is 0.00857. The van der Waals surface area contributed by atoms with Gasteiger partial charge in [0.25, 0.3) is 11.8 Å². The molecule has 10 heteroatoms. The number of carbonyl (C=O) groups excluding carboxylic acids is 2. The highest BCUT2D eigenvalue weighted by atomic mass is 35.5. The minimum atomic E-state index is -0.668. The minimum Gasteiger partial charge on any atom is -0.508 e. The Kier molecular flexibility index (Phi) is 8.27. The molecule has 0 aliphatic heterocycles. The highest BCUT2D eigenvalue weighted by Gasteiger charge is 2.16. The average Bonchev–Trinajstić information content (AvgIpc) is 2.84. The van der Waals surface area contributed by atoms with Gasteiger partial charge in [-0.05, 0) is 60.2 Å². The van der Waals surface area contributed by atoms with Crippen LogP contribution in [0.3, 0.4) is 0 Å². The zero-order valence-corrected chi connectivity index (χ0v) is 19.1. The molecule has 0 saturated carbocycles. The van der Waals surface area contributed by atoms with Gasteiger partial charge < -0.3 is 25.2 Å². The zero-order valence-electron chi connectivity index (χ0n) is 18.3. The maximum absolute atomic E-state index is 13.7. The number of nitrogens with zero attached hydrogens (tertiary/aromatic N) is 1. The Labute approximate surface area is 205 Å². The van der Waals surface area contributed by atoms with E-state index in [1.54, 1.807) is 6.07 Å². The molecule has 2 amide bonds. The van der Waals surface area contributed by atoms with Crippen LogP contribution in [0.1, 0.15) is 5.56 Å². The van der Waals surface area contributed by atoms with Crippen LogP contribution >= 0.6 is 11.6 Å². The van der Waals surface area contributed by atoms with E-state index in [0.717, 1.165) is 0 Å². The predicted octanol–water partition coefficient (Wildman–Crippen LogP) is 4.76. The van der Waals surface area contributed by atoms with Crippen molar-refractivity contribution in [3.05, 3.63) is 82.6 Å². The van der Waals surface area contributed by atoms with Crippen LogP contribution in [0.15, 0.2) is 66.2 Å². The van der Waals surface area contributed by atoms with Crippen LogP contribution in [0.2, 0.25) is 5.02 Å². The number of nitrogens with one attached hydrogen (secondary N) is 2. The van der Waals surface area contributed by atoms with Crippen LogP contribution in [0.4, 0.5) is 15.8 Å². The van der Waals surface area contributed by atoms with E-state index < -0.39 is 24.2 Å². The summed E-state index contributed by atoms with van der Waals surface area (Å²) in [6, 6.07) is 16.2. The third-order valence-corrected chi connectivity index (χ3v) is 4.83. The SMILES string of the molecule is COc1cc(C=C(C#N)C(=O)Nc2ccc(O)cc2)cc(Cl)c1OCC(=O)Nc1ccccc1F. The number of benzene rings is 3. The van der Waals surface area contributed by atoms with Crippen LogP contribution in [0.25, 0.3) is 6.08 Å². The normalized spacial score (nSPS) is 10.7. The van der Waals surface area contributed by atoms with Gasteiger partial charge in [-0.25, -0.2) is 4.39 Å². The van der Waals surface area contributed by atoms with Gasteiger partial charge in [0.1, 0.15) is 23.2 Å². The summed E-state index contributed by atoms with van der Waals surface area (Å²) >= 11 is 6.30. The van der Waals surface area contributed by atoms with Gasteiger partial charge in [-0.1, -0.05) is 23.7 Å². The first kappa shape index (κ1) is 25.1. The molecule has 0 fully saturated rings. The predicted molar refractivity (Wildman–Crippen MR) is 129 cm³/mol. The Bertz CT molecular complexity index is 1320. The Balaban J connectivity index is 1.74. The fraction of sp³-hybridized carbons (Fsp3) is 0.0800. The van der Waals surface area contributed by atoms with E-state index in [9.17, 15) is 24.3 Å². The number of hydrogen-bond acceptors (Lipinski definition) is 6. The maximum Gasteiger partial charge on any atom is 0.266 e. The van der Waals surface area contributed by atoms with Crippen molar-refractivity contribution in [3.63, 3.8) is 0 Å². The quantitative estimate of drug-likeness (QED) is 0.235.